The van der Waals surface area contributed by atoms with E-state index in [9.17, 15) is 9.36 Å². The molecule has 0 aromatic heterocycles. The fraction of sp³-hybridized carbons (Fsp3) is 0.864. The van der Waals surface area contributed by atoms with E-state index in [4.69, 9.17) is 9.63 Å². The van der Waals surface area contributed by atoms with Crippen LogP contribution in [-0.4, -0.2) is 30.3 Å². The number of hydrogen-bond donors (Lipinski definition) is 1. The lowest BCUT2D eigenvalue weighted by atomic mass is 10.1. The standard InChI is InChI=1S/C22H43O4P/c1-3-4-5-6-7-8-9-10-11-12-13-14-15-16-17-18-20-26-22(23)19-21-27(2,24)25/h10-11H,3-9,12-21H2,1-2H3,(H,24,25). The lowest BCUT2D eigenvalue weighted by Crippen LogP contribution is -2.07. The molecule has 1 atom stereocenters. The molecule has 0 aliphatic heterocycles. The fourth-order valence-corrected chi connectivity index (χ4v) is 3.50. The molecule has 0 aliphatic rings. The molecule has 27 heavy (non-hydrogen) atoms. The summed E-state index contributed by atoms with van der Waals surface area (Å²) in [6.45, 7) is 3.96. The minimum Gasteiger partial charge on any atom is -0.466 e. The quantitative estimate of drug-likeness (QED) is 0.111. The minimum absolute atomic E-state index is 0.0131. The van der Waals surface area contributed by atoms with Crippen molar-refractivity contribution in [2.24, 2.45) is 0 Å². The van der Waals surface area contributed by atoms with Crippen LogP contribution in [0.2, 0.25) is 0 Å². The molecule has 0 heterocycles. The average Bonchev–Trinajstić information content (AvgIpc) is 2.62. The highest BCUT2D eigenvalue weighted by molar-refractivity contribution is 7.57. The van der Waals surface area contributed by atoms with Crippen LogP contribution in [0.15, 0.2) is 12.2 Å². The summed E-state index contributed by atoms with van der Waals surface area (Å²) in [5.41, 5.74) is 0. The Morgan fingerprint density at radius 3 is 1.85 bits per heavy atom. The Morgan fingerprint density at radius 1 is 0.852 bits per heavy atom. The first-order chi connectivity index (χ1) is 13.0. The Hall–Kier alpha value is -0.600. The molecule has 1 unspecified atom stereocenters. The minimum atomic E-state index is -3.10. The number of ether oxygens (including phenoxy) is 1. The van der Waals surface area contributed by atoms with E-state index in [-0.39, 0.29) is 18.6 Å². The van der Waals surface area contributed by atoms with Gasteiger partial charge in [0.25, 0.3) is 0 Å². The van der Waals surface area contributed by atoms with Crippen LogP contribution in [0.4, 0.5) is 0 Å². The van der Waals surface area contributed by atoms with Gasteiger partial charge in [0, 0.05) is 12.8 Å². The van der Waals surface area contributed by atoms with Gasteiger partial charge in [-0.25, -0.2) is 0 Å². The summed E-state index contributed by atoms with van der Waals surface area (Å²) >= 11 is 0. The molecular formula is C22H43O4P. The van der Waals surface area contributed by atoms with E-state index in [1.54, 1.807) is 0 Å². The summed E-state index contributed by atoms with van der Waals surface area (Å²) < 4.78 is 16.2. The van der Waals surface area contributed by atoms with Crippen LogP contribution in [0.1, 0.15) is 103 Å². The van der Waals surface area contributed by atoms with E-state index in [1.807, 2.05) is 0 Å². The molecule has 0 aromatic rings. The summed E-state index contributed by atoms with van der Waals surface area (Å²) in [7, 11) is -3.10. The van der Waals surface area contributed by atoms with Crippen LogP contribution in [0.5, 0.6) is 0 Å². The van der Waals surface area contributed by atoms with Gasteiger partial charge in [0.15, 0.2) is 7.37 Å². The van der Waals surface area contributed by atoms with Crippen LogP contribution >= 0.6 is 7.37 Å². The molecule has 0 rings (SSSR count). The summed E-state index contributed by atoms with van der Waals surface area (Å²) in [4.78, 5) is 20.5. The number of allylic oxidation sites excluding steroid dienone is 2. The number of unbranched alkanes of at least 4 members (excludes halogenated alkanes) is 12. The Balaban J connectivity index is 3.23. The van der Waals surface area contributed by atoms with E-state index in [2.05, 4.69) is 19.1 Å². The van der Waals surface area contributed by atoms with Crippen LogP contribution in [0.3, 0.4) is 0 Å². The van der Waals surface area contributed by atoms with Gasteiger partial charge in [-0.05, 0) is 32.1 Å². The molecule has 0 radical (unpaired) electrons. The van der Waals surface area contributed by atoms with Gasteiger partial charge in [-0.2, -0.15) is 0 Å². The molecule has 1 N–H and O–H groups in total. The second-order valence-electron chi connectivity index (χ2n) is 7.68. The number of carbonyl (C=O) groups is 1. The fourth-order valence-electron chi connectivity index (χ4n) is 2.91. The van der Waals surface area contributed by atoms with Crippen molar-refractivity contribution in [2.75, 3.05) is 19.4 Å². The van der Waals surface area contributed by atoms with E-state index in [1.165, 1.54) is 83.7 Å². The van der Waals surface area contributed by atoms with Crippen LogP contribution in [-0.2, 0) is 14.1 Å². The molecular weight excluding hydrogens is 359 g/mol. The second-order valence-corrected chi connectivity index (χ2v) is 10.2. The van der Waals surface area contributed by atoms with Crippen LogP contribution in [0.25, 0.3) is 0 Å². The zero-order chi connectivity index (χ0) is 20.2. The van der Waals surface area contributed by atoms with Crippen molar-refractivity contribution in [1.82, 2.24) is 0 Å². The smallest absolute Gasteiger partial charge is 0.306 e. The number of hydrogen-bond acceptors (Lipinski definition) is 3. The van der Waals surface area contributed by atoms with Gasteiger partial charge >= 0.3 is 5.97 Å². The lowest BCUT2D eigenvalue weighted by Gasteiger charge is -2.06. The Bertz CT molecular complexity index is 415. The van der Waals surface area contributed by atoms with Crippen molar-refractivity contribution in [3.8, 4) is 0 Å². The Morgan fingerprint density at radius 2 is 1.33 bits per heavy atom. The highest BCUT2D eigenvalue weighted by Gasteiger charge is 2.13. The number of esters is 1. The van der Waals surface area contributed by atoms with E-state index in [0.717, 1.165) is 12.8 Å². The molecule has 0 aliphatic carbocycles. The zero-order valence-electron chi connectivity index (χ0n) is 17.8. The van der Waals surface area contributed by atoms with Crippen molar-refractivity contribution in [3.63, 3.8) is 0 Å². The molecule has 4 nitrogen and oxygen atoms in total. The molecule has 0 spiro atoms. The zero-order valence-corrected chi connectivity index (χ0v) is 18.7. The molecule has 5 heteroatoms. The van der Waals surface area contributed by atoms with Gasteiger partial charge in [0.1, 0.15) is 0 Å². The lowest BCUT2D eigenvalue weighted by molar-refractivity contribution is -0.143. The van der Waals surface area contributed by atoms with Gasteiger partial charge in [-0.3, -0.25) is 9.36 Å². The first-order valence-electron chi connectivity index (χ1n) is 11.1. The maximum Gasteiger partial charge on any atom is 0.306 e. The number of carbonyl (C=O) groups excluding carboxylic acids is 1. The Labute approximate surface area is 167 Å². The van der Waals surface area contributed by atoms with Crippen LogP contribution < -0.4 is 0 Å². The normalized spacial score (nSPS) is 13.7. The third-order valence-corrected chi connectivity index (χ3v) is 5.70. The van der Waals surface area contributed by atoms with Gasteiger partial charge in [-0.15, -0.1) is 0 Å². The average molecular weight is 403 g/mol. The first-order valence-corrected chi connectivity index (χ1v) is 13.3. The van der Waals surface area contributed by atoms with E-state index >= 15 is 0 Å². The van der Waals surface area contributed by atoms with Gasteiger partial charge in [0.05, 0.1) is 13.0 Å². The van der Waals surface area contributed by atoms with E-state index in [0.29, 0.717) is 6.61 Å². The molecule has 0 aromatic carbocycles. The maximum absolute atomic E-state index is 11.4. The van der Waals surface area contributed by atoms with Crippen molar-refractivity contribution in [2.45, 2.75) is 103 Å². The highest BCUT2D eigenvalue weighted by Crippen LogP contribution is 2.35. The third-order valence-electron chi connectivity index (χ3n) is 4.65. The summed E-state index contributed by atoms with van der Waals surface area (Å²) in [6.07, 6.45) is 22.3. The summed E-state index contributed by atoms with van der Waals surface area (Å²) in [6, 6.07) is 0. The second kappa shape index (κ2) is 18.7. The molecule has 0 saturated carbocycles. The van der Waals surface area contributed by atoms with Crippen molar-refractivity contribution in [1.29, 1.82) is 0 Å². The van der Waals surface area contributed by atoms with Gasteiger partial charge < -0.3 is 9.63 Å². The van der Waals surface area contributed by atoms with Gasteiger partial charge in [-0.1, -0.05) is 76.9 Å². The van der Waals surface area contributed by atoms with Crippen molar-refractivity contribution >= 4 is 13.3 Å². The van der Waals surface area contributed by atoms with Gasteiger partial charge in [0.2, 0.25) is 0 Å². The predicted molar refractivity (Wildman–Crippen MR) is 116 cm³/mol. The largest absolute Gasteiger partial charge is 0.466 e. The Kier molecular flexibility index (Phi) is 18.3. The molecule has 0 bridgehead atoms. The molecule has 0 amide bonds. The first kappa shape index (κ1) is 26.4. The van der Waals surface area contributed by atoms with Crippen LogP contribution in [0, 0.1) is 0 Å². The third kappa shape index (κ3) is 23.4. The molecule has 0 fully saturated rings. The monoisotopic (exact) mass is 402 g/mol. The van der Waals surface area contributed by atoms with Crippen molar-refractivity contribution < 1.29 is 19.0 Å². The SMILES string of the molecule is CCCCCCCCC=CCCCCCCCCOC(=O)CCP(C)(=O)O. The van der Waals surface area contributed by atoms with E-state index < -0.39 is 7.37 Å². The summed E-state index contributed by atoms with van der Waals surface area (Å²) in [5, 5.41) is 0. The molecule has 0 saturated heterocycles. The number of rotatable bonds is 19. The van der Waals surface area contributed by atoms with Crippen molar-refractivity contribution in [3.05, 3.63) is 12.2 Å². The topological polar surface area (TPSA) is 63.6 Å². The maximum atomic E-state index is 11.4. The predicted octanol–water partition coefficient (Wildman–Crippen LogP) is 6.86. The summed E-state index contributed by atoms with van der Waals surface area (Å²) in [5.74, 6) is -0.362. The molecule has 160 valence electrons. The highest BCUT2D eigenvalue weighted by atomic mass is 31.2.